The van der Waals surface area contributed by atoms with Crippen molar-refractivity contribution in [1.29, 1.82) is 0 Å². The second-order valence-corrected chi connectivity index (χ2v) is 6.89. The first kappa shape index (κ1) is 20.4. The number of likely N-dealkylation sites (tertiary alicyclic amines) is 1. The Morgan fingerprint density at radius 3 is 2.42 bits per heavy atom. The van der Waals surface area contributed by atoms with E-state index in [0.29, 0.717) is 19.6 Å². The van der Waals surface area contributed by atoms with E-state index in [1.54, 1.807) is 6.92 Å². The predicted molar refractivity (Wildman–Crippen MR) is 103 cm³/mol. The van der Waals surface area contributed by atoms with Crippen molar-refractivity contribution in [3.05, 3.63) is 35.9 Å². The van der Waals surface area contributed by atoms with Gasteiger partial charge in [-0.1, -0.05) is 37.3 Å². The summed E-state index contributed by atoms with van der Waals surface area (Å²) in [7, 11) is 0. The first-order valence-corrected chi connectivity index (χ1v) is 9.85. The molecule has 0 spiro atoms. The van der Waals surface area contributed by atoms with E-state index < -0.39 is 0 Å². The highest BCUT2D eigenvalue weighted by atomic mass is 16.5. The second kappa shape index (κ2) is 11.0. The van der Waals surface area contributed by atoms with Gasteiger partial charge in [-0.2, -0.15) is 0 Å². The third-order valence-electron chi connectivity index (χ3n) is 4.89. The summed E-state index contributed by atoms with van der Waals surface area (Å²) in [5.74, 6) is -0.0541. The molecular weight excluding hydrogens is 328 g/mol. The van der Waals surface area contributed by atoms with Gasteiger partial charge in [0.2, 0.25) is 5.91 Å². The van der Waals surface area contributed by atoms with Crippen LogP contribution in [-0.2, 0) is 20.9 Å². The van der Waals surface area contributed by atoms with E-state index in [2.05, 4.69) is 29.2 Å². The van der Waals surface area contributed by atoms with Crippen molar-refractivity contribution >= 4 is 11.9 Å². The van der Waals surface area contributed by atoms with Gasteiger partial charge in [0.1, 0.15) is 0 Å². The van der Waals surface area contributed by atoms with Crippen molar-refractivity contribution < 1.29 is 14.3 Å². The number of carbonyl (C=O) groups excluding carboxylic acids is 2. The smallest absolute Gasteiger partial charge is 0.307 e. The molecule has 0 aromatic heterocycles. The molecule has 1 aromatic rings. The number of carbonyl (C=O) groups is 2. The maximum Gasteiger partial charge on any atom is 0.307 e. The van der Waals surface area contributed by atoms with Crippen molar-refractivity contribution in [3.63, 3.8) is 0 Å². The molecule has 0 radical (unpaired) electrons. The minimum absolute atomic E-state index is 0.165. The van der Waals surface area contributed by atoms with Gasteiger partial charge in [0.25, 0.3) is 0 Å². The van der Waals surface area contributed by atoms with Gasteiger partial charge in [-0.05, 0) is 31.7 Å². The molecule has 1 aromatic carbocycles. The molecule has 1 aliphatic rings. The highest BCUT2D eigenvalue weighted by Crippen LogP contribution is 2.20. The Bertz CT molecular complexity index is 554. The molecule has 1 aliphatic heterocycles. The number of hydrogen-bond donors (Lipinski definition) is 0. The fourth-order valence-electron chi connectivity index (χ4n) is 3.54. The lowest BCUT2D eigenvalue weighted by atomic mass is 10.0. The van der Waals surface area contributed by atoms with Gasteiger partial charge in [-0.15, -0.1) is 0 Å². The third-order valence-corrected chi connectivity index (χ3v) is 4.89. The zero-order valence-corrected chi connectivity index (χ0v) is 16.2. The van der Waals surface area contributed by atoms with Crippen LogP contribution in [0.2, 0.25) is 0 Å². The standard InChI is InChI=1S/C21H32N2O3/c1-3-8-20(24)23(16-13-21(25)26-4-2)19-11-14-22(15-12-19)17-18-9-6-5-7-10-18/h5-7,9-10,19H,3-4,8,11-17H2,1-2H3. The van der Waals surface area contributed by atoms with Gasteiger partial charge >= 0.3 is 5.97 Å². The number of hydrogen-bond acceptors (Lipinski definition) is 4. The van der Waals surface area contributed by atoms with Crippen LogP contribution < -0.4 is 0 Å². The SMILES string of the molecule is CCCC(=O)N(CCC(=O)OCC)C1CCN(Cc2ccccc2)CC1. The minimum atomic E-state index is -0.219. The van der Waals surface area contributed by atoms with E-state index >= 15 is 0 Å². The largest absolute Gasteiger partial charge is 0.466 e. The summed E-state index contributed by atoms with van der Waals surface area (Å²) in [5, 5.41) is 0. The summed E-state index contributed by atoms with van der Waals surface area (Å²) in [5.41, 5.74) is 1.33. The maximum absolute atomic E-state index is 12.5. The number of ether oxygens (including phenoxy) is 1. The molecule has 1 saturated heterocycles. The number of benzene rings is 1. The van der Waals surface area contributed by atoms with Crippen LogP contribution in [0.15, 0.2) is 30.3 Å². The third kappa shape index (κ3) is 6.45. The van der Waals surface area contributed by atoms with Crippen molar-refractivity contribution in [1.82, 2.24) is 9.80 Å². The van der Waals surface area contributed by atoms with E-state index in [0.717, 1.165) is 38.9 Å². The van der Waals surface area contributed by atoms with Gasteiger partial charge in [-0.25, -0.2) is 0 Å². The van der Waals surface area contributed by atoms with Crippen LogP contribution in [0.5, 0.6) is 0 Å². The Labute approximate surface area is 157 Å². The van der Waals surface area contributed by atoms with E-state index in [4.69, 9.17) is 4.74 Å². The van der Waals surface area contributed by atoms with E-state index in [9.17, 15) is 9.59 Å². The molecule has 5 heteroatoms. The van der Waals surface area contributed by atoms with Crippen LogP contribution in [0.1, 0.15) is 51.5 Å². The number of nitrogens with zero attached hydrogens (tertiary/aromatic N) is 2. The Morgan fingerprint density at radius 2 is 1.81 bits per heavy atom. The predicted octanol–water partition coefficient (Wildman–Crippen LogP) is 3.23. The number of amides is 1. The molecule has 1 amide bonds. The molecule has 0 atom stereocenters. The van der Waals surface area contributed by atoms with Crippen LogP contribution in [0.3, 0.4) is 0 Å². The second-order valence-electron chi connectivity index (χ2n) is 6.89. The van der Waals surface area contributed by atoms with Crippen molar-refractivity contribution in [2.45, 2.75) is 58.5 Å². The molecule has 1 fully saturated rings. The fourth-order valence-corrected chi connectivity index (χ4v) is 3.54. The van der Waals surface area contributed by atoms with Crippen molar-refractivity contribution in [2.24, 2.45) is 0 Å². The maximum atomic E-state index is 12.5. The Balaban J connectivity index is 1.88. The lowest BCUT2D eigenvalue weighted by molar-refractivity contribution is -0.144. The molecule has 0 aliphatic carbocycles. The molecule has 0 saturated carbocycles. The Hall–Kier alpha value is -1.88. The molecular formula is C21H32N2O3. The molecule has 5 nitrogen and oxygen atoms in total. The lowest BCUT2D eigenvalue weighted by Crippen LogP contribution is -2.47. The zero-order chi connectivity index (χ0) is 18.8. The average Bonchev–Trinajstić information content (AvgIpc) is 2.64. The van der Waals surface area contributed by atoms with Crippen LogP contribution in [-0.4, -0.2) is 54.0 Å². The average molecular weight is 360 g/mol. The summed E-state index contributed by atoms with van der Waals surface area (Å²) in [6.07, 6.45) is 3.60. The van der Waals surface area contributed by atoms with Crippen molar-refractivity contribution in [2.75, 3.05) is 26.2 Å². The molecule has 2 rings (SSSR count). The number of rotatable bonds is 9. The molecule has 0 N–H and O–H groups in total. The van der Waals surface area contributed by atoms with Crippen LogP contribution in [0.4, 0.5) is 0 Å². The summed E-state index contributed by atoms with van der Waals surface area (Å²) in [4.78, 5) is 28.6. The van der Waals surface area contributed by atoms with E-state index in [1.807, 2.05) is 17.9 Å². The first-order valence-electron chi connectivity index (χ1n) is 9.85. The fraction of sp³-hybridized carbons (Fsp3) is 0.619. The monoisotopic (exact) mass is 360 g/mol. The quantitative estimate of drug-likeness (QED) is 0.635. The van der Waals surface area contributed by atoms with Gasteiger partial charge in [-0.3, -0.25) is 14.5 Å². The van der Waals surface area contributed by atoms with Crippen molar-refractivity contribution in [3.8, 4) is 0 Å². The highest BCUT2D eigenvalue weighted by molar-refractivity contribution is 5.77. The molecule has 0 bridgehead atoms. The van der Waals surface area contributed by atoms with Crippen LogP contribution in [0.25, 0.3) is 0 Å². The topological polar surface area (TPSA) is 49.9 Å². The Kier molecular flexibility index (Phi) is 8.62. The Morgan fingerprint density at radius 1 is 1.12 bits per heavy atom. The summed E-state index contributed by atoms with van der Waals surface area (Å²) in [6, 6.07) is 10.7. The summed E-state index contributed by atoms with van der Waals surface area (Å²) >= 11 is 0. The normalized spacial score (nSPS) is 15.6. The summed E-state index contributed by atoms with van der Waals surface area (Å²) in [6.45, 7) is 7.61. The van der Waals surface area contributed by atoms with Crippen LogP contribution >= 0.6 is 0 Å². The van der Waals surface area contributed by atoms with Crippen LogP contribution in [0, 0.1) is 0 Å². The van der Waals surface area contributed by atoms with E-state index in [1.165, 1.54) is 5.56 Å². The number of piperidine rings is 1. The summed E-state index contributed by atoms with van der Waals surface area (Å²) < 4.78 is 5.02. The lowest BCUT2D eigenvalue weighted by Gasteiger charge is -2.38. The highest BCUT2D eigenvalue weighted by Gasteiger charge is 2.27. The molecule has 0 unspecified atom stereocenters. The van der Waals surface area contributed by atoms with Gasteiger partial charge in [0.05, 0.1) is 13.0 Å². The van der Waals surface area contributed by atoms with Gasteiger partial charge < -0.3 is 9.64 Å². The van der Waals surface area contributed by atoms with E-state index in [-0.39, 0.29) is 24.3 Å². The van der Waals surface area contributed by atoms with Gasteiger partial charge in [0.15, 0.2) is 0 Å². The molecule has 26 heavy (non-hydrogen) atoms. The van der Waals surface area contributed by atoms with Gasteiger partial charge in [0, 0.05) is 38.6 Å². The number of esters is 1. The molecule has 1 heterocycles. The minimum Gasteiger partial charge on any atom is -0.466 e. The first-order chi connectivity index (χ1) is 12.6. The zero-order valence-electron chi connectivity index (χ0n) is 16.2. The molecule has 144 valence electrons.